The highest BCUT2D eigenvalue weighted by atomic mass is 32.2. The van der Waals surface area contributed by atoms with Gasteiger partial charge < -0.3 is 19.9 Å². The quantitative estimate of drug-likeness (QED) is 0.415. The summed E-state index contributed by atoms with van der Waals surface area (Å²) in [6.07, 6.45) is 4.11. The van der Waals surface area contributed by atoms with Crippen molar-refractivity contribution in [1.29, 1.82) is 0 Å². The number of hydrogen-bond donors (Lipinski definition) is 3. The van der Waals surface area contributed by atoms with E-state index >= 15 is 0 Å². The zero-order chi connectivity index (χ0) is 18.0. The van der Waals surface area contributed by atoms with Crippen LogP contribution in [-0.2, 0) is 6.54 Å². The maximum absolute atomic E-state index is 12.4. The summed E-state index contributed by atoms with van der Waals surface area (Å²) < 4.78 is 1.78. The monoisotopic (exact) mass is 364 g/mol. The van der Waals surface area contributed by atoms with E-state index in [1.165, 1.54) is 11.8 Å². The molecule has 1 aliphatic rings. The third-order valence-corrected chi connectivity index (χ3v) is 4.69. The molecule has 1 amide bonds. The Hall–Kier alpha value is -2.49. The van der Waals surface area contributed by atoms with Gasteiger partial charge in [0.05, 0.1) is 0 Å². The SMILES string of the molecule is C=CCn1c(N2CCCC(NC(=O)O)C2)nc2nc(SC)[nH]c(=O)c21. The van der Waals surface area contributed by atoms with E-state index in [4.69, 9.17) is 5.11 Å². The minimum absolute atomic E-state index is 0.170. The highest BCUT2D eigenvalue weighted by Gasteiger charge is 2.26. The van der Waals surface area contributed by atoms with Crippen LogP contribution in [0.5, 0.6) is 0 Å². The van der Waals surface area contributed by atoms with Gasteiger partial charge in [0.15, 0.2) is 16.3 Å². The number of carbonyl (C=O) groups is 1. The molecule has 1 saturated heterocycles. The Kier molecular flexibility index (Phi) is 4.98. The Morgan fingerprint density at radius 3 is 3.04 bits per heavy atom. The number of nitrogens with one attached hydrogen (secondary N) is 2. The summed E-state index contributed by atoms with van der Waals surface area (Å²) in [5, 5.41) is 12.0. The minimum atomic E-state index is -1.03. The molecule has 0 aromatic carbocycles. The molecule has 10 heteroatoms. The fraction of sp³-hybridized carbons (Fsp3) is 0.467. The highest BCUT2D eigenvalue weighted by Crippen LogP contribution is 2.23. The van der Waals surface area contributed by atoms with Gasteiger partial charge in [-0.1, -0.05) is 17.8 Å². The second-order valence-electron chi connectivity index (χ2n) is 5.79. The van der Waals surface area contributed by atoms with E-state index in [9.17, 15) is 9.59 Å². The molecule has 9 nitrogen and oxygen atoms in total. The van der Waals surface area contributed by atoms with Crippen molar-refractivity contribution < 1.29 is 9.90 Å². The van der Waals surface area contributed by atoms with Gasteiger partial charge in [-0.05, 0) is 19.1 Å². The van der Waals surface area contributed by atoms with Crippen LogP contribution in [0.15, 0.2) is 22.6 Å². The first-order valence-electron chi connectivity index (χ1n) is 7.93. The molecule has 0 aliphatic carbocycles. The topological polar surface area (TPSA) is 116 Å². The van der Waals surface area contributed by atoms with Crippen molar-refractivity contribution in [2.75, 3.05) is 24.2 Å². The fourth-order valence-corrected chi connectivity index (χ4v) is 3.48. The lowest BCUT2D eigenvalue weighted by Crippen LogP contribution is -2.48. The van der Waals surface area contributed by atoms with Gasteiger partial charge in [0.1, 0.15) is 0 Å². The molecule has 3 heterocycles. The van der Waals surface area contributed by atoms with Crippen molar-refractivity contribution in [2.24, 2.45) is 0 Å². The molecule has 1 atom stereocenters. The first-order chi connectivity index (χ1) is 12.0. The zero-order valence-electron chi connectivity index (χ0n) is 13.9. The molecule has 2 aromatic rings. The Bertz CT molecular complexity index is 861. The molecule has 1 aliphatic heterocycles. The second-order valence-corrected chi connectivity index (χ2v) is 6.59. The number of hydrogen-bond acceptors (Lipinski definition) is 6. The molecule has 0 saturated carbocycles. The van der Waals surface area contributed by atoms with Gasteiger partial charge in [0.25, 0.3) is 5.56 Å². The van der Waals surface area contributed by atoms with Crippen molar-refractivity contribution in [3.8, 4) is 0 Å². The van der Waals surface area contributed by atoms with E-state index in [1.807, 2.05) is 11.2 Å². The smallest absolute Gasteiger partial charge is 0.404 e. The lowest BCUT2D eigenvalue weighted by atomic mass is 10.1. The fourth-order valence-electron chi connectivity index (χ4n) is 3.10. The summed E-state index contributed by atoms with van der Waals surface area (Å²) in [5.74, 6) is 0.614. The molecule has 3 N–H and O–H groups in total. The van der Waals surface area contributed by atoms with E-state index in [0.29, 0.717) is 35.4 Å². The lowest BCUT2D eigenvalue weighted by molar-refractivity contribution is 0.188. The summed E-state index contributed by atoms with van der Waals surface area (Å²) in [6, 6.07) is -0.170. The Balaban J connectivity index is 2.04. The summed E-state index contributed by atoms with van der Waals surface area (Å²) in [4.78, 5) is 37.0. The van der Waals surface area contributed by atoms with Gasteiger partial charge in [0.2, 0.25) is 5.95 Å². The lowest BCUT2D eigenvalue weighted by Gasteiger charge is -2.33. The van der Waals surface area contributed by atoms with Crippen LogP contribution < -0.4 is 15.8 Å². The van der Waals surface area contributed by atoms with Crippen molar-refractivity contribution >= 4 is 35.0 Å². The Morgan fingerprint density at radius 2 is 2.36 bits per heavy atom. The second kappa shape index (κ2) is 7.18. The molecule has 0 radical (unpaired) electrons. The number of fused-ring (bicyclic) bond motifs is 1. The Morgan fingerprint density at radius 1 is 1.56 bits per heavy atom. The maximum atomic E-state index is 12.4. The molecule has 0 spiro atoms. The number of aromatic amines is 1. The average molecular weight is 364 g/mol. The maximum Gasteiger partial charge on any atom is 0.404 e. The number of allylic oxidation sites excluding steroid dienone is 1. The number of thioether (sulfide) groups is 1. The van der Waals surface area contributed by atoms with Crippen LogP contribution in [0.4, 0.5) is 10.7 Å². The first-order valence-corrected chi connectivity index (χ1v) is 9.15. The van der Waals surface area contributed by atoms with Crippen molar-refractivity contribution in [3.63, 3.8) is 0 Å². The predicted molar refractivity (Wildman–Crippen MR) is 96.5 cm³/mol. The van der Waals surface area contributed by atoms with Crippen LogP contribution in [0.3, 0.4) is 0 Å². The van der Waals surface area contributed by atoms with E-state index in [0.717, 1.165) is 19.4 Å². The van der Waals surface area contributed by atoms with Crippen LogP contribution in [0.1, 0.15) is 12.8 Å². The number of piperidine rings is 1. The van der Waals surface area contributed by atoms with Crippen molar-refractivity contribution in [2.45, 2.75) is 30.6 Å². The number of carboxylic acid groups (broad SMARTS) is 1. The van der Waals surface area contributed by atoms with E-state index in [-0.39, 0.29) is 11.6 Å². The Labute approximate surface area is 148 Å². The minimum Gasteiger partial charge on any atom is -0.465 e. The standard InChI is InChI=1S/C15H20N6O3S/c1-3-6-21-10-11(17-13(25-2)19-12(10)22)18-14(21)20-7-4-5-9(8-20)16-15(23)24/h3,9,16H,1,4-8H2,2H3,(H,23,24)(H,17,19,22). The largest absolute Gasteiger partial charge is 0.465 e. The van der Waals surface area contributed by atoms with Gasteiger partial charge in [-0.3, -0.25) is 9.78 Å². The van der Waals surface area contributed by atoms with E-state index < -0.39 is 6.09 Å². The molecule has 2 aromatic heterocycles. The highest BCUT2D eigenvalue weighted by molar-refractivity contribution is 7.98. The normalized spacial score (nSPS) is 17.6. The van der Waals surface area contributed by atoms with Crippen LogP contribution in [0, 0.1) is 0 Å². The van der Waals surface area contributed by atoms with Crippen LogP contribution in [-0.4, -0.2) is 56.1 Å². The predicted octanol–water partition coefficient (Wildman–Crippen LogP) is 1.26. The molecule has 1 fully saturated rings. The van der Waals surface area contributed by atoms with Crippen molar-refractivity contribution in [3.05, 3.63) is 23.0 Å². The number of rotatable bonds is 5. The van der Waals surface area contributed by atoms with E-state index in [2.05, 4.69) is 26.8 Å². The summed E-state index contributed by atoms with van der Waals surface area (Å²) >= 11 is 1.34. The molecular formula is C15H20N6O3S. The van der Waals surface area contributed by atoms with Crippen LogP contribution in [0.2, 0.25) is 0 Å². The summed E-state index contributed by atoms with van der Waals surface area (Å²) in [6.45, 7) is 5.41. The van der Waals surface area contributed by atoms with Crippen LogP contribution in [0.25, 0.3) is 11.2 Å². The van der Waals surface area contributed by atoms with Gasteiger partial charge in [-0.2, -0.15) is 4.98 Å². The van der Waals surface area contributed by atoms with Gasteiger partial charge in [0, 0.05) is 25.7 Å². The molecule has 3 rings (SSSR count). The molecular weight excluding hydrogens is 344 g/mol. The number of imidazole rings is 1. The van der Waals surface area contributed by atoms with Gasteiger partial charge >= 0.3 is 6.09 Å². The number of H-pyrrole nitrogens is 1. The van der Waals surface area contributed by atoms with Gasteiger partial charge in [-0.15, -0.1) is 6.58 Å². The third kappa shape index (κ3) is 3.48. The average Bonchev–Trinajstić information content (AvgIpc) is 2.94. The number of amides is 1. The molecule has 134 valence electrons. The molecule has 1 unspecified atom stereocenters. The molecule has 0 bridgehead atoms. The number of anilines is 1. The summed E-state index contributed by atoms with van der Waals surface area (Å²) in [5.41, 5.74) is 0.548. The molecule has 25 heavy (non-hydrogen) atoms. The third-order valence-electron chi connectivity index (χ3n) is 4.11. The van der Waals surface area contributed by atoms with Crippen molar-refractivity contribution in [1.82, 2.24) is 24.8 Å². The van der Waals surface area contributed by atoms with Crippen LogP contribution >= 0.6 is 11.8 Å². The number of aromatic nitrogens is 4. The first kappa shape index (κ1) is 17.3. The summed E-state index contributed by atoms with van der Waals surface area (Å²) in [7, 11) is 0. The van der Waals surface area contributed by atoms with Gasteiger partial charge in [-0.25, -0.2) is 9.78 Å². The van der Waals surface area contributed by atoms with E-state index in [1.54, 1.807) is 10.6 Å². The number of nitrogens with zero attached hydrogens (tertiary/aromatic N) is 4. The zero-order valence-corrected chi connectivity index (χ0v) is 14.7.